The molecule has 0 aromatic rings. The molecule has 11 heteroatoms. The van der Waals surface area contributed by atoms with Gasteiger partial charge in [0.15, 0.2) is 0 Å². The van der Waals surface area contributed by atoms with Crippen molar-refractivity contribution in [3.8, 4) is 0 Å². The first-order valence-corrected chi connectivity index (χ1v) is 12.7. The summed E-state index contributed by atoms with van der Waals surface area (Å²) in [7, 11) is -6.00. The van der Waals surface area contributed by atoms with E-state index in [1.165, 1.54) is 18.2 Å². The zero-order valence-electron chi connectivity index (χ0n) is 20.1. The van der Waals surface area contributed by atoms with E-state index in [4.69, 9.17) is 14.0 Å². The molecule has 0 aliphatic heterocycles. The molecule has 2 rings (SSSR count). The van der Waals surface area contributed by atoms with Crippen LogP contribution < -0.4 is 0 Å². The fourth-order valence-corrected chi connectivity index (χ4v) is 4.23. The summed E-state index contributed by atoms with van der Waals surface area (Å²) in [5.41, 5.74) is -1.21. The summed E-state index contributed by atoms with van der Waals surface area (Å²) in [6.07, 6.45) is 12.0. The molecule has 0 spiro atoms. The predicted octanol–water partition coefficient (Wildman–Crippen LogP) is 4.56. The Morgan fingerprint density at radius 1 is 1.14 bits per heavy atom. The highest BCUT2D eigenvalue weighted by Gasteiger charge is 2.54. The number of hydrogen-bond donors (Lipinski definition) is 1. The Hall–Kier alpha value is -2.53. The van der Waals surface area contributed by atoms with E-state index in [1.54, 1.807) is 19.9 Å². The molecule has 0 radical (unpaired) electrons. The predicted molar refractivity (Wildman–Crippen MR) is 123 cm³/mol. The number of hydrogen-bond acceptors (Lipinski definition) is 7. The largest absolute Gasteiger partial charge is 0.465 e. The lowest BCUT2D eigenvalue weighted by atomic mass is 9.79. The molecule has 0 amide bonds. The highest BCUT2D eigenvalue weighted by atomic mass is 32.2. The van der Waals surface area contributed by atoms with Crippen molar-refractivity contribution in [1.29, 1.82) is 0 Å². The molecule has 0 aromatic carbocycles. The van der Waals surface area contributed by atoms with Gasteiger partial charge >= 0.3 is 27.3 Å². The number of ether oxygens (including phenoxy) is 3. The minimum Gasteiger partial charge on any atom is -0.462 e. The number of rotatable bonds is 7. The van der Waals surface area contributed by atoms with Crippen LogP contribution in [0.4, 0.5) is 8.78 Å². The van der Waals surface area contributed by atoms with Gasteiger partial charge in [-0.15, -0.1) is 0 Å². The average molecular weight is 519 g/mol. The van der Waals surface area contributed by atoms with E-state index in [0.717, 1.165) is 12.2 Å². The lowest BCUT2D eigenvalue weighted by Gasteiger charge is -2.29. The zero-order chi connectivity index (χ0) is 26.4. The number of alkyl halides is 2. The van der Waals surface area contributed by atoms with Crippen molar-refractivity contribution < 1.29 is 45.6 Å². The van der Waals surface area contributed by atoms with Gasteiger partial charge in [-0.05, 0) is 56.3 Å². The van der Waals surface area contributed by atoms with Gasteiger partial charge in [-0.25, -0.2) is 4.79 Å². The number of carbonyl (C=O) groups is 2. The van der Waals surface area contributed by atoms with Gasteiger partial charge in [-0.3, -0.25) is 9.35 Å². The standard InChI is InChI=1S/C24H32F2O8S/c1-16-7-5-6-8-20(18(3)13-16)32-15-33-21(27)23(4)12-11-19(10-9-17(2)14-23)34-22(28)24(25,26)35(29,30)31/h5,7-12,16-19H,6,13-15H2,1-4H3,(H,29,30,31). The molecule has 0 bridgehead atoms. The second kappa shape index (κ2) is 11.5. The first-order valence-electron chi connectivity index (χ1n) is 11.3. The zero-order valence-corrected chi connectivity index (χ0v) is 21.0. The van der Waals surface area contributed by atoms with Crippen LogP contribution in [0.1, 0.15) is 47.0 Å². The topological polar surface area (TPSA) is 116 Å². The van der Waals surface area contributed by atoms with E-state index in [1.807, 2.05) is 13.0 Å². The lowest BCUT2D eigenvalue weighted by Crippen LogP contribution is -2.40. The van der Waals surface area contributed by atoms with Crippen molar-refractivity contribution in [2.75, 3.05) is 6.79 Å². The number of carbonyl (C=O) groups excluding carboxylic acids is 2. The Balaban J connectivity index is 2.06. The normalized spacial score (nSPS) is 29.7. The van der Waals surface area contributed by atoms with E-state index in [0.29, 0.717) is 18.8 Å². The second-order valence-corrected chi connectivity index (χ2v) is 10.7. The molecule has 35 heavy (non-hydrogen) atoms. The summed E-state index contributed by atoms with van der Waals surface area (Å²) in [5, 5.41) is -5.13. The molecule has 0 aromatic heterocycles. The summed E-state index contributed by atoms with van der Waals surface area (Å²) in [6.45, 7) is 7.18. The highest BCUT2D eigenvalue weighted by molar-refractivity contribution is 7.87. The molecule has 0 heterocycles. The summed E-state index contributed by atoms with van der Waals surface area (Å²) >= 11 is 0. The molecule has 8 nitrogen and oxygen atoms in total. The van der Waals surface area contributed by atoms with Crippen LogP contribution in [0.3, 0.4) is 0 Å². The van der Waals surface area contributed by atoms with Crippen molar-refractivity contribution in [2.24, 2.45) is 23.2 Å². The van der Waals surface area contributed by atoms with Gasteiger partial charge in [0.2, 0.25) is 6.79 Å². The van der Waals surface area contributed by atoms with Gasteiger partial charge in [0.25, 0.3) is 0 Å². The second-order valence-electron chi connectivity index (χ2n) is 9.28. The molecule has 0 saturated carbocycles. The van der Waals surface area contributed by atoms with Crippen molar-refractivity contribution in [1.82, 2.24) is 0 Å². The van der Waals surface area contributed by atoms with Crippen LogP contribution in [0, 0.1) is 23.2 Å². The van der Waals surface area contributed by atoms with Crippen LogP contribution in [0.5, 0.6) is 0 Å². The summed E-state index contributed by atoms with van der Waals surface area (Å²) in [5.74, 6) is -2.04. The van der Waals surface area contributed by atoms with Crippen LogP contribution in [-0.4, -0.2) is 43.1 Å². The third-order valence-corrected chi connectivity index (χ3v) is 6.66. The number of allylic oxidation sites excluding steroid dienone is 5. The minimum absolute atomic E-state index is 0.145. The first-order chi connectivity index (χ1) is 16.2. The van der Waals surface area contributed by atoms with Crippen LogP contribution in [-0.2, 0) is 33.9 Å². The molecule has 0 fully saturated rings. The molecule has 5 atom stereocenters. The average Bonchev–Trinajstić information content (AvgIpc) is 2.73. The maximum atomic E-state index is 13.6. The molecular formula is C24H32F2O8S. The van der Waals surface area contributed by atoms with Crippen molar-refractivity contribution >= 4 is 22.1 Å². The third kappa shape index (κ3) is 7.73. The maximum Gasteiger partial charge on any atom is 0.465 e. The van der Waals surface area contributed by atoms with Gasteiger partial charge < -0.3 is 14.2 Å². The smallest absolute Gasteiger partial charge is 0.462 e. The van der Waals surface area contributed by atoms with Gasteiger partial charge in [0.05, 0.1) is 11.2 Å². The van der Waals surface area contributed by atoms with Crippen molar-refractivity contribution in [3.05, 3.63) is 48.3 Å². The van der Waals surface area contributed by atoms with Crippen molar-refractivity contribution in [3.63, 3.8) is 0 Å². The van der Waals surface area contributed by atoms with E-state index in [9.17, 15) is 26.8 Å². The molecule has 2 aliphatic rings. The molecule has 196 valence electrons. The summed E-state index contributed by atoms with van der Waals surface area (Å²) in [6, 6.07) is 0. The van der Waals surface area contributed by atoms with Crippen LogP contribution in [0.15, 0.2) is 48.3 Å². The number of esters is 2. The Morgan fingerprint density at radius 3 is 2.49 bits per heavy atom. The highest BCUT2D eigenvalue weighted by Crippen LogP contribution is 2.33. The van der Waals surface area contributed by atoms with Crippen molar-refractivity contribution in [2.45, 2.75) is 58.3 Å². The Morgan fingerprint density at radius 2 is 1.83 bits per heavy atom. The molecule has 2 aliphatic carbocycles. The van der Waals surface area contributed by atoms with E-state index in [2.05, 4.69) is 23.8 Å². The molecule has 1 N–H and O–H groups in total. The Kier molecular flexibility index (Phi) is 9.41. The molecular weight excluding hydrogens is 486 g/mol. The monoisotopic (exact) mass is 518 g/mol. The van der Waals surface area contributed by atoms with Crippen LogP contribution in [0.2, 0.25) is 0 Å². The van der Waals surface area contributed by atoms with Gasteiger partial charge in [-0.1, -0.05) is 45.1 Å². The summed E-state index contributed by atoms with van der Waals surface area (Å²) < 4.78 is 72.9. The summed E-state index contributed by atoms with van der Waals surface area (Å²) in [4.78, 5) is 24.5. The van der Waals surface area contributed by atoms with E-state index >= 15 is 0 Å². The minimum atomic E-state index is -6.00. The Bertz CT molecular complexity index is 1010. The number of halogens is 2. The molecule has 5 unspecified atom stereocenters. The quantitative estimate of drug-likeness (QED) is 0.226. The maximum absolute atomic E-state index is 13.6. The first kappa shape index (κ1) is 28.7. The van der Waals surface area contributed by atoms with E-state index < -0.39 is 38.8 Å². The fourth-order valence-electron chi connectivity index (χ4n) is 3.97. The van der Waals surface area contributed by atoms with Gasteiger partial charge in [-0.2, -0.15) is 17.2 Å². The van der Waals surface area contributed by atoms with Crippen LogP contribution >= 0.6 is 0 Å². The SMILES string of the molecule is CC1C=CCC=C(OCOC(=O)C2(C)C=CC(OC(=O)C(F)(F)S(=O)(=O)O)C=CC(C)C2)C(C)C1. The van der Waals surface area contributed by atoms with Gasteiger partial charge in [0.1, 0.15) is 6.10 Å². The van der Waals surface area contributed by atoms with E-state index in [-0.39, 0.29) is 18.6 Å². The van der Waals surface area contributed by atoms with Gasteiger partial charge in [0, 0.05) is 5.92 Å². The third-order valence-electron chi connectivity index (χ3n) is 5.85. The fraction of sp³-hybridized carbons (Fsp3) is 0.583. The van der Waals surface area contributed by atoms with Crippen LogP contribution in [0.25, 0.3) is 0 Å². The Labute approximate surface area is 204 Å². The molecule has 0 saturated heterocycles. The lowest BCUT2D eigenvalue weighted by molar-refractivity contribution is -0.163.